The van der Waals surface area contributed by atoms with E-state index < -0.39 is 0 Å². The minimum absolute atomic E-state index is 0.168. The van der Waals surface area contributed by atoms with Gasteiger partial charge in [-0.3, -0.25) is 9.48 Å². The van der Waals surface area contributed by atoms with Crippen molar-refractivity contribution in [2.45, 2.75) is 33.2 Å². The number of anilines is 1. The van der Waals surface area contributed by atoms with Gasteiger partial charge in [-0.2, -0.15) is 5.10 Å². The van der Waals surface area contributed by atoms with Crippen LogP contribution in [0.1, 0.15) is 35.7 Å². The highest BCUT2D eigenvalue weighted by Crippen LogP contribution is 2.25. The molecule has 0 aliphatic carbocycles. The fourth-order valence-electron chi connectivity index (χ4n) is 2.81. The number of amides is 1. The molecular formula is C19H25N3O3. The zero-order chi connectivity index (χ0) is 17.6. The molecule has 0 saturated carbocycles. The molecule has 1 N–H and O–H groups in total. The molecule has 1 aliphatic heterocycles. The van der Waals surface area contributed by atoms with E-state index in [1.807, 2.05) is 32.0 Å². The second kappa shape index (κ2) is 8.16. The predicted molar refractivity (Wildman–Crippen MR) is 96.1 cm³/mol. The van der Waals surface area contributed by atoms with Gasteiger partial charge >= 0.3 is 0 Å². The Morgan fingerprint density at radius 1 is 1.40 bits per heavy atom. The van der Waals surface area contributed by atoms with E-state index >= 15 is 0 Å². The van der Waals surface area contributed by atoms with Crippen LogP contribution >= 0.6 is 0 Å². The van der Waals surface area contributed by atoms with Crippen LogP contribution in [-0.2, 0) is 11.3 Å². The average Bonchev–Trinajstić information content (AvgIpc) is 3.12. The highest BCUT2D eigenvalue weighted by Gasteiger charge is 2.15. The molecule has 1 saturated heterocycles. The lowest BCUT2D eigenvalue weighted by Crippen LogP contribution is -2.21. The van der Waals surface area contributed by atoms with Gasteiger partial charge in [0.05, 0.1) is 18.4 Å². The number of carbonyl (C=O) groups is 1. The second-order valence-corrected chi connectivity index (χ2v) is 6.39. The van der Waals surface area contributed by atoms with E-state index in [9.17, 15) is 4.79 Å². The molecule has 0 unspecified atom stereocenters. The van der Waals surface area contributed by atoms with Crippen LogP contribution in [0.5, 0.6) is 5.75 Å². The molecule has 1 fully saturated rings. The summed E-state index contributed by atoms with van der Waals surface area (Å²) in [6, 6.07) is 5.74. The minimum Gasteiger partial charge on any atom is -0.493 e. The van der Waals surface area contributed by atoms with Crippen LogP contribution in [0.4, 0.5) is 5.69 Å². The van der Waals surface area contributed by atoms with Crippen molar-refractivity contribution < 1.29 is 14.3 Å². The maximum Gasteiger partial charge on any atom is 0.258 e. The lowest BCUT2D eigenvalue weighted by Gasteiger charge is -2.22. The Hall–Kier alpha value is -2.34. The van der Waals surface area contributed by atoms with Crippen LogP contribution in [0.2, 0.25) is 0 Å². The van der Waals surface area contributed by atoms with Crippen molar-refractivity contribution in [3.63, 3.8) is 0 Å². The first kappa shape index (κ1) is 17.5. The van der Waals surface area contributed by atoms with E-state index in [0.717, 1.165) is 49.6 Å². The normalized spacial score (nSPS) is 15.1. The lowest BCUT2D eigenvalue weighted by molar-refractivity contribution is 0.0496. The van der Waals surface area contributed by atoms with Gasteiger partial charge in [0.25, 0.3) is 5.91 Å². The van der Waals surface area contributed by atoms with Gasteiger partial charge in [-0.1, -0.05) is 6.07 Å². The molecule has 0 bridgehead atoms. The van der Waals surface area contributed by atoms with Crippen LogP contribution in [0.3, 0.4) is 0 Å². The third-order valence-electron chi connectivity index (χ3n) is 4.48. The predicted octanol–water partition coefficient (Wildman–Crippen LogP) is 3.27. The van der Waals surface area contributed by atoms with Crippen LogP contribution in [0.15, 0.2) is 30.6 Å². The molecule has 0 atom stereocenters. The fourth-order valence-corrected chi connectivity index (χ4v) is 2.81. The zero-order valence-corrected chi connectivity index (χ0v) is 14.8. The first-order valence-electron chi connectivity index (χ1n) is 8.80. The Kier molecular flexibility index (Phi) is 5.71. The van der Waals surface area contributed by atoms with E-state index in [1.54, 1.807) is 17.1 Å². The third-order valence-corrected chi connectivity index (χ3v) is 4.48. The van der Waals surface area contributed by atoms with Crippen LogP contribution in [-0.4, -0.2) is 35.5 Å². The number of ether oxygens (including phenoxy) is 2. The summed E-state index contributed by atoms with van der Waals surface area (Å²) in [5.41, 5.74) is 2.33. The molecule has 25 heavy (non-hydrogen) atoms. The van der Waals surface area contributed by atoms with Gasteiger partial charge in [0.1, 0.15) is 5.75 Å². The molecule has 1 aliphatic rings. The summed E-state index contributed by atoms with van der Waals surface area (Å²) in [6.07, 6.45) is 5.40. The summed E-state index contributed by atoms with van der Waals surface area (Å²) in [4.78, 5) is 12.3. The molecule has 2 heterocycles. The lowest BCUT2D eigenvalue weighted by atomic mass is 10.0. The maximum absolute atomic E-state index is 12.3. The molecule has 134 valence electrons. The summed E-state index contributed by atoms with van der Waals surface area (Å²) in [6.45, 7) is 7.04. The summed E-state index contributed by atoms with van der Waals surface area (Å²) in [7, 11) is 0. The summed E-state index contributed by atoms with van der Waals surface area (Å²) < 4.78 is 13.1. The SMILES string of the molecule is CCn1cc(C(=O)Nc2ccc(C)c(OCC3CCOCC3)c2)cn1. The quantitative estimate of drug-likeness (QED) is 0.874. The molecule has 1 aromatic carbocycles. The highest BCUT2D eigenvalue weighted by molar-refractivity contribution is 6.04. The van der Waals surface area contributed by atoms with E-state index in [1.165, 1.54) is 0 Å². The number of carbonyl (C=O) groups excluding carboxylic acids is 1. The van der Waals surface area contributed by atoms with Crippen molar-refractivity contribution >= 4 is 11.6 Å². The molecule has 6 nitrogen and oxygen atoms in total. The smallest absolute Gasteiger partial charge is 0.258 e. The van der Waals surface area contributed by atoms with Gasteiger partial charge in [0.15, 0.2) is 0 Å². The van der Waals surface area contributed by atoms with Gasteiger partial charge in [0, 0.05) is 37.7 Å². The van der Waals surface area contributed by atoms with Crippen molar-refractivity contribution in [2.75, 3.05) is 25.1 Å². The van der Waals surface area contributed by atoms with Crippen molar-refractivity contribution in [2.24, 2.45) is 5.92 Å². The third kappa shape index (κ3) is 4.60. The Balaban J connectivity index is 1.62. The highest BCUT2D eigenvalue weighted by atomic mass is 16.5. The van der Waals surface area contributed by atoms with Gasteiger partial charge in [-0.05, 0) is 44.2 Å². The van der Waals surface area contributed by atoms with E-state index in [4.69, 9.17) is 9.47 Å². The van der Waals surface area contributed by atoms with Gasteiger partial charge < -0.3 is 14.8 Å². The molecular weight excluding hydrogens is 318 g/mol. The van der Waals surface area contributed by atoms with Crippen LogP contribution < -0.4 is 10.1 Å². The first-order chi connectivity index (χ1) is 12.2. The maximum atomic E-state index is 12.3. The van der Waals surface area contributed by atoms with Crippen molar-refractivity contribution in [1.82, 2.24) is 9.78 Å². The minimum atomic E-state index is -0.168. The van der Waals surface area contributed by atoms with Gasteiger partial charge in [-0.15, -0.1) is 0 Å². The molecule has 3 rings (SSSR count). The average molecular weight is 343 g/mol. The Morgan fingerprint density at radius 2 is 2.20 bits per heavy atom. The number of aromatic nitrogens is 2. The van der Waals surface area contributed by atoms with Gasteiger partial charge in [-0.25, -0.2) is 0 Å². The molecule has 1 amide bonds. The Bertz CT molecular complexity index is 720. The number of hydrogen-bond donors (Lipinski definition) is 1. The molecule has 0 spiro atoms. The first-order valence-corrected chi connectivity index (χ1v) is 8.80. The summed E-state index contributed by atoms with van der Waals surface area (Å²) in [5.74, 6) is 1.18. The Morgan fingerprint density at radius 3 is 2.92 bits per heavy atom. The van der Waals surface area contributed by atoms with Crippen LogP contribution in [0.25, 0.3) is 0 Å². The zero-order valence-electron chi connectivity index (χ0n) is 14.8. The van der Waals surface area contributed by atoms with E-state index in [2.05, 4.69) is 10.4 Å². The summed E-state index contributed by atoms with van der Waals surface area (Å²) in [5, 5.41) is 7.04. The second-order valence-electron chi connectivity index (χ2n) is 6.39. The number of nitrogens with zero attached hydrogens (tertiary/aromatic N) is 2. The molecule has 1 aromatic heterocycles. The largest absolute Gasteiger partial charge is 0.493 e. The van der Waals surface area contributed by atoms with Gasteiger partial charge in [0.2, 0.25) is 0 Å². The monoisotopic (exact) mass is 343 g/mol. The molecule has 2 aromatic rings. The number of aryl methyl sites for hydroxylation is 2. The topological polar surface area (TPSA) is 65.4 Å². The van der Waals surface area contributed by atoms with Crippen molar-refractivity contribution in [1.29, 1.82) is 0 Å². The molecule has 0 radical (unpaired) electrons. The van der Waals surface area contributed by atoms with E-state index in [0.29, 0.717) is 18.1 Å². The van der Waals surface area contributed by atoms with Crippen LogP contribution in [0, 0.1) is 12.8 Å². The fraction of sp³-hybridized carbons (Fsp3) is 0.474. The number of hydrogen-bond acceptors (Lipinski definition) is 4. The Labute approximate surface area is 148 Å². The van der Waals surface area contributed by atoms with E-state index in [-0.39, 0.29) is 5.91 Å². The standard InChI is InChI=1S/C19H25N3O3/c1-3-22-12-16(11-20-22)19(23)21-17-5-4-14(2)18(10-17)25-13-15-6-8-24-9-7-15/h4-5,10-12,15H,3,6-9,13H2,1-2H3,(H,21,23). The molecule has 6 heteroatoms. The number of benzene rings is 1. The number of nitrogens with one attached hydrogen (secondary N) is 1. The van der Waals surface area contributed by atoms with Crippen molar-refractivity contribution in [3.05, 3.63) is 41.7 Å². The number of rotatable bonds is 6. The van der Waals surface area contributed by atoms with Crippen molar-refractivity contribution in [3.8, 4) is 5.75 Å². The summed E-state index contributed by atoms with van der Waals surface area (Å²) >= 11 is 0.